The van der Waals surface area contributed by atoms with Gasteiger partial charge in [0.05, 0.1) is 15.6 Å². The average molecular weight is 415 g/mol. The van der Waals surface area contributed by atoms with Crippen LogP contribution in [0.5, 0.6) is 0 Å². The Morgan fingerprint density at radius 1 is 1.04 bits per heavy atom. The predicted octanol–water partition coefficient (Wildman–Crippen LogP) is 3.38. The van der Waals surface area contributed by atoms with Gasteiger partial charge in [-0.2, -0.15) is 0 Å². The molecule has 0 radical (unpaired) electrons. The summed E-state index contributed by atoms with van der Waals surface area (Å²) < 4.78 is 26.2. The normalized spacial score (nSPS) is 18.0. The van der Waals surface area contributed by atoms with Crippen LogP contribution < -0.4 is 5.32 Å². The van der Waals surface area contributed by atoms with Crippen LogP contribution in [0.15, 0.2) is 65.6 Å². The number of carbonyl (C=O) groups excluding carboxylic acids is 2. The molecule has 3 aromatic rings. The Bertz CT molecular complexity index is 1240. The smallest absolute Gasteiger partial charge is 0.266 e. The van der Waals surface area contributed by atoms with Gasteiger partial charge in [0.25, 0.3) is 15.9 Å². The van der Waals surface area contributed by atoms with Crippen molar-refractivity contribution in [2.24, 2.45) is 0 Å². The molecular weight excluding hydrogens is 400 g/mol. The van der Waals surface area contributed by atoms with Gasteiger partial charge in [-0.05, 0) is 29.0 Å². The third kappa shape index (κ3) is 2.75. The minimum Gasteiger partial charge on any atom is -0.324 e. The van der Waals surface area contributed by atoms with Crippen molar-refractivity contribution < 1.29 is 18.0 Å². The van der Waals surface area contributed by atoms with Crippen molar-refractivity contribution in [2.75, 3.05) is 12.4 Å². The molecule has 0 saturated carbocycles. The Morgan fingerprint density at radius 3 is 2.46 bits per heavy atom. The summed E-state index contributed by atoms with van der Waals surface area (Å²) in [5.74, 6) is -2.77. The summed E-state index contributed by atoms with van der Waals surface area (Å²) >= 11 is 6.11. The van der Waals surface area contributed by atoms with Crippen LogP contribution in [0.1, 0.15) is 11.5 Å². The Labute approximate surface area is 166 Å². The van der Waals surface area contributed by atoms with E-state index in [0.717, 1.165) is 12.4 Å². The van der Waals surface area contributed by atoms with E-state index in [2.05, 4.69) is 5.32 Å². The van der Waals surface area contributed by atoms with E-state index in [9.17, 15) is 18.0 Å². The number of likely N-dealkylation sites (N-methyl/N-ethyl adjacent to an activating group) is 1. The second-order valence-corrected chi connectivity index (χ2v) is 8.76. The molecule has 0 saturated heterocycles. The Balaban J connectivity index is 1.93. The number of carbonyl (C=O) groups is 2. The van der Waals surface area contributed by atoms with Gasteiger partial charge in [-0.1, -0.05) is 54.1 Å². The number of hydrogen-bond donors (Lipinski definition) is 1. The lowest BCUT2D eigenvalue weighted by Gasteiger charge is -2.31. The van der Waals surface area contributed by atoms with Crippen molar-refractivity contribution in [3.05, 3.63) is 71.2 Å². The summed E-state index contributed by atoms with van der Waals surface area (Å²) in [6.45, 7) is 0. The van der Waals surface area contributed by atoms with Crippen molar-refractivity contribution >= 4 is 49.9 Å². The first-order valence-corrected chi connectivity index (χ1v) is 10.2. The molecule has 2 amide bonds. The molecule has 4 rings (SSSR count). The van der Waals surface area contributed by atoms with Gasteiger partial charge in [0.1, 0.15) is 5.92 Å². The van der Waals surface area contributed by atoms with Crippen LogP contribution in [0, 0.1) is 0 Å². The molecule has 0 aromatic heterocycles. The largest absolute Gasteiger partial charge is 0.324 e. The monoisotopic (exact) mass is 414 g/mol. The van der Waals surface area contributed by atoms with Gasteiger partial charge in [-0.25, -0.2) is 12.7 Å². The highest BCUT2D eigenvalue weighted by Crippen LogP contribution is 2.39. The van der Waals surface area contributed by atoms with Crippen LogP contribution in [-0.2, 0) is 19.6 Å². The van der Waals surface area contributed by atoms with E-state index in [0.29, 0.717) is 20.4 Å². The number of anilines is 1. The molecule has 1 N–H and O–H groups in total. The maximum Gasteiger partial charge on any atom is 0.266 e. The van der Waals surface area contributed by atoms with Crippen LogP contribution >= 0.6 is 11.6 Å². The number of fused-ring (bicyclic) bond motifs is 3. The van der Waals surface area contributed by atoms with E-state index in [-0.39, 0.29) is 10.5 Å². The molecule has 0 aliphatic carbocycles. The van der Waals surface area contributed by atoms with Gasteiger partial charge in [0.15, 0.2) is 0 Å². The van der Waals surface area contributed by atoms with E-state index in [1.807, 2.05) is 0 Å². The summed E-state index contributed by atoms with van der Waals surface area (Å²) in [4.78, 5) is 25.9. The molecule has 3 aromatic carbocycles. The van der Waals surface area contributed by atoms with E-state index < -0.39 is 27.8 Å². The fourth-order valence-corrected chi connectivity index (χ4v) is 4.95. The van der Waals surface area contributed by atoms with Crippen molar-refractivity contribution in [3.8, 4) is 0 Å². The van der Waals surface area contributed by atoms with Gasteiger partial charge in [0.2, 0.25) is 5.91 Å². The zero-order chi connectivity index (χ0) is 20.1. The number of amides is 2. The third-order valence-electron chi connectivity index (χ3n) is 4.81. The first-order chi connectivity index (χ1) is 13.3. The van der Waals surface area contributed by atoms with Crippen LogP contribution in [0.25, 0.3) is 10.8 Å². The van der Waals surface area contributed by atoms with Crippen LogP contribution in [0.3, 0.4) is 0 Å². The molecule has 1 atom stereocenters. The standard InChI is InChI=1S/C20H15ClN2O4S/c1-23-20(25)18(19(24)22-15-9-5-4-8-14(15)21)17-13-7-3-2-6-12(13)10-11-16(17)28(23,26)27/h2-11,18H,1H3,(H,22,24). The molecular formula is C20H15ClN2O4S. The summed E-state index contributed by atoms with van der Waals surface area (Å²) in [5, 5.41) is 4.25. The molecule has 142 valence electrons. The molecule has 0 fully saturated rings. The molecule has 28 heavy (non-hydrogen) atoms. The molecule has 0 spiro atoms. The Kier molecular flexibility index (Phi) is 4.36. The van der Waals surface area contributed by atoms with Gasteiger partial charge in [0, 0.05) is 12.6 Å². The van der Waals surface area contributed by atoms with Crippen molar-refractivity contribution in [2.45, 2.75) is 10.8 Å². The molecule has 1 aliphatic rings. The van der Waals surface area contributed by atoms with Crippen LogP contribution in [0.2, 0.25) is 5.02 Å². The molecule has 1 unspecified atom stereocenters. The number of rotatable bonds is 2. The lowest BCUT2D eigenvalue weighted by molar-refractivity contribution is -0.132. The minimum atomic E-state index is -4.03. The lowest BCUT2D eigenvalue weighted by Crippen LogP contribution is -2.45. The van der Waals surface area contributed by atoms with Crippen molar-refractivity contribution in [1.29, 1.82) is 0 Å². The second kappa shape index (κ2) is 6.61. The zero-order valence-electron chi connectivity index (χ0n) is 14.7. The maximum atomic E-state index is 13.1. The summed E-state index contributed by atoms with van der Waals surface area (Å²) in [6, 6.07) is 16.8. The Morgan fingerprint density at radius 2 is 1.71 bits per heavy atom. The fraction of sp³-hybridized carbons (Fsp3) is 0.100. The van der Waals surface area contributed by atoms with Crippen molar-refractivity contribution in [3.63, 3.8) is 0 Å². The third-order valence-corrected chi connectivity index (χ3v) is 6.95. The highest BCUT2D eigenvalue weighted by Gasteiger charge is 2.45. The summed E-state index contributed by atoms with van der Waals surface area (Å²) in [7, 11) is -2.87. The number of nitrogens with one attached hydrogen (secondary N) is 1. The quantitative estimate of drug-likeness (QED) is 0.651. The van der Waals surface area contributed by atoms with Gasteiger partial charge in [-0.15, -0.1) is 0 Å². The van der Waals surface area contributed by atoms with E-state index in [1.54, 1.807) is 54.6 Å². The van der Waals surface area contributed by atoms with Gasteiger partial charge >= 0.3 is 0 Å². The topological polar surface area (TPSA) is 83.6 Å². The first kappa shape index (κ1) is 18.5. The van der Waals surface area contributed by atoms with E-state index in [1.165, 1.54) is 6.07 Å². The lowest BCUT2D eigenvalue weighted by atomic mass is 9.91. The molecule has 1 heterocycles. The molecule has 6 nitrogen and oxygen atoms in total. The number of halogens is 1. The van der Waals surface area contributed by atoms with Crippen LogP contribution in [0.4, 0.5) is 5.69 Å². The minimum absolute atomic E-state index is 0.0485. The van der Waals surface area contributed by atoms with E-state index >= 15 is 0 Å². The van der Waals surface area contributed by atoms with Crippen LogP contribution in [-0.4, -0.2) is 31.6 Å². The summed E-state index contributed by atoms with van der Waals surface area (Å²) in [6.07, 6.45) is 0. The number of para-hydroxylation sites is 1. The SMILES string of the molecule is CN1C(=O)C(C(=O)Nc2ccccc2Cl)c2c(ccc3ccccc23)S1(=O)=O. The molecule has 1 aliphatic heterocycles. The number of hydrogen-bond acceptors (Lipinski definition) is 4. The maximum absolute atomic E-state index is 13.1. The highest BCUT2D eigenvalue weighted by molar-refractivity contribution is 7.89. The highest BCUT2D eigenvalue weighted by atomic mass is 35.5. The van der Waals surface area contributed by atoms with Crippen molar-refractivity contribution in [1.82, 2.24) is 4.31 Å². The predicted molar refractivity (Wildman–Crippen MR) is 107 cm³/mol. The first-order valence-electron chi connectivity index (χ1n) is 8.42. The fourth-order valence-electron chi connectivity index (χ4n) is 3.38. The second-order valence-electron chi connectivity index (χ2n) is 6.41. The average Bonchev–Trinajstić information content (AvgIpc) is 2.68. The summed E-state index contributed by atoms with van der Waals surface area (Å²) in [5.41, 5.74) is 0.533. The number of nitrogens with zero attached hydrogens (tertiary/aromatic N) is 1. The molecule has 8 heteroatoms. The number of benzene rings is 3. The number of sulfonamides is 1. The van der Waals surface area contributed by atoms with Gasteiger partial charge < -0.3 is 5.32 Å². The van der Waals surface area contributed by atoms with E-state index in [4.69, 9.17) is 11.6 Å². The Hall–Kier alpha value is -2.90. The van der Waals surface area contributed by atoms with Gasteiger partial charge in [-0.3, -0.25) is 9.59 Å². The molecule has 0 bridgehead atoms. The zero-order valence-corrected chi connectivity index (χ0v) is 16.3.